The highest BCUT2D eigenvalue weighted by atomic mass is 35.5. The van der Waals surface area contributed by atoms with Gasteiger partial charge in [-0.25, -0.2) is 4.79 Å². The van der Waals surface area contributed by atoms with Crippen molar-refractivity contribution in [1.82, 2.24) is 5.32 Å². The summed E-state index contributed by atoms with van der Waals surface area (Å²) in [5.41, 5.74) is 0.441. The number of nitrogens with one attached hydrogen (secondary N) is 2. The molecule has 3 N–H and O–H groups in total. The fourth-order valence-corrected chi connectivity index (χ4v) is 3.61. The molecular weight excluding hydrogens is 308 g/mol. The average molecular weight is 329 g/mol. The summed E-state index contributed by atoms with van der Waals surface area (Å²) in [7, 11) is 0. The maximum absolute atomic E-state index is 12.1. The molecule has 0 bridgehead atoms. The molecule has 0 radical (unpaired) electrons. The summed E-state index contributed by atoms with van der Waals surface area (Å²) in [6, 6.07) is 5.21. The van der Waals surface area contributed by atoms with Gasteiger partial charge in [-0.3, -0.25) is 0 Å². The number of hydrogen-bond donors (Lipinski definition) is 3. The van der Waals surface area contributed by atoms with Gasteiger partial charge in [-0.15, -0.1) is 11.8 Å². The van der Waals surface area contributed by atoms with E-state index in [4.69, 9.17) is 11.6 Å². The van der Waals surface area contributed by atoms with Gasteiger partial charge in [0.15, 0.2) is 0 Å². The minimum absolute atomic E-state index is 0.00319. The number of anilines is 1. The molecule has 0 heterocycles. The third kappa shape index (κ3) is 3.84. The van der Waals surface area contributed by atoms with Gasteiger partial charge in [0.2, 0.25) is 0 Å². The van der Waals surface area contributed by atoms with Gasteiger partial charge in [-0.05, 0) is 37.3 Å². The number of halogens is 1. The standard InChI is InChI=1S/C15H21ClN2O2S/c1-15(9-19)7-3-4-13(15)18-14(20)17-10-5-6-12(21-2)11(16)8-10/h5-6,8,13,19H,3-4,7,9H2,1-2H3,(H2,17,18,20)/t13-,15-/m1/s1. The van der Waals surface area contributed by atoms with Crippen LogP contribution in [0.3, 0.4) is 0 Å². The number of amides is 2. The molecule has 0 aliphatic heterocycles. The fourth-order valence-electron chi connectivity index (χ4n) is 2.74. The Morgan fingerprint density at radius 3 is 2.95 bits per heavy atom. The Bertz CT molecular complexity index is 526. The van der Waals surface area contributed by atoms with E-state index in [0.29, 0.717) is 10.7 Å². The van der Waals surface area contributed by atoms with Crippen LogP contribution < -0.4 is 10.6 Å². The van der Waals surface area contributed by atoms with E-state index in [0.717, 1.165) is 24.2 Å². The topological polar surface area (TPSA) is 61.4 Å². The lowest BCUT2D eigenvalue weighted by Gasteiger charge is -2.30. The first kappa shape index (κ1) is 16.5. The van der Waals surface area contributed by atoms with Crippen molar-refractivity contribution in [3.05, 3.63) is 23.2 Å². The molecule has 6 heteroatoms. The zero-order valence-electron chi connectivity index (χ0n) is 12.3. The van der Waals surface area contributed by atoms with Crippen LogP contribution in [0.5, 0.6) is 0 Å². The monoisotopic (exact) mass is 328 g/mol. The fraction of sp³-hybridized carbons (Fsp3) is 0.533. The average Bonchev–Trinajstić information content (AvgIpc) is 2.81. The minimum atomic E-state index is -0.255. The van der Waals surface area contributed by atoms with Gasteiger partial charge in [-0.1, -0.05) is 24.9 Å². The van der Waals surface area contributed by atoms with Crippen molar-refractivity contribution in [2.75, 3.05) is 18.2 Å². The molecule has 1 saturated carbocycles. The van der Waals surface area contributed by atoms with Crippen LogP contribution >= 0.6 is 23.4 Å². The lowest BCUT2D eigenvalue weighted by Crippen LogP contribution is -2.46. The summed E-state index contributed by atoms with van der Waals surface area (Å²) in [5.74, 6) is 0. The Kier molecular flexibility index (Phi) is 5.41. The second kappa shape index (κ2) is 6.90. The van der Waals surface area contributed by atoms with Gasteiger partial charge in [0.1, 0.15) is 0 Å². The second-order valence-electron chi connectivity index (χ2n) is 5.70. The number of benzene rings is 1. The SMILES string of the molecule is CSc1ccc(NC(=O)N[C@@H]2CCC[C@]2(C)CO)cc1Cl. The number of aliphatic hydroxyl groups is 1. The van der Waals surface area contributed by atoms with Crippen LogP contribution in [0.2, 0.25) is 5.02 Å². The van der Waals surface area contributed by atoms with E-state index in [1.807, 2.05) is 25.3 Å². The van der Waals surface area contributed by atoms with Crippen LogP contribution in [0.4, 0.5) is 10.5 Å². The van der Waals surface area contributed by atoms with Crippen molar-refractivity contribution in [2.45, 2.75) is 37.1 Å². The number of carbonyl (C=O) groups excluding carboxylic acids is 1. The van der Waals surface area contributed by atoms with Gasteiger partial charge in [0, 0.05) is 22.0 Å². The van der Waals surface area contributed by atoms with Crippen molar-refractivity contribution in [3.63, 3.8) is 0 Å². The van der Waals surface area contributed by atoms with Gasteiger partial charge in [0.25, 0.3) is 0 Å². The Morgan fingerprint density at radius 1 is 1.57 bits per heavy atom. The Morgan fingerprint density at radius 2 is 2.33 bits per heavy atom. The van der Waals surface area contributed by atoms with E-state index in [1.165, 1.54) is 0 Å². The molecule has 2 amide bonds. The lowest BCUT2D eigenvalue weighted by molar-refractivity contribution is 0.122. The number of rotatable bonds is 4. The Balaban J connectivity index is 1.97. The normalized spacial score (nSPS) is 24.9. The van der Waals surface area contributed by atoms with E-state index in [2.05, 4.69) is 10.6 Å². The van der Waals surface area contributed by atoms with Crippen LogP contribution in [0.15, 0.2) is 23.1 Å². The number of carbonyl (C=O) groups is 1. The van der Waals surface area contributed by atoms with Crippen LogP contribution in [0, 0.1) is 5.41 Å². The Labute approximate surface area is 134 Å². The van der Waals surface area contributed by atoms with Gasteiger partial charge >= 0.3 is 6.03 Å². The summed E-state index contributed by atoms with van der Waals surface area (Å²) in [4.78, 5) is 13.1. The largest absolute Gasteiger partial charge is 0.396 e. The van der Waals surface area contributed by atoms with Crippen molar-refractivity contribution in [2.24, 2.45) is 5.41 Å². The van der Waals surface area contributed by atoms with Crippen molar-refractivity contribution in [3.8, 4) is 0 Å². The number of urea groups is 1. The van der Waals surface area contributed by atoms with Gasteiger partial charge in [-0.2, -0.15) is 0 Å². The highest BCUT2D eigenvalue weighted by molar-refractivity contribution is 7.98. The molecular formula is C15H21ClN2O2S. The molecule has 2 rings (SSSR count). The predicted molar refractivity (Wildman–Crippen MR) is 88.2 cm³/mol. The number of hydrogen-bond acceptors (Lipinski definition) is 3. The quantitative estimate of drug-likeness (QED) is 0.738. The van der Waals surface area contributed by atoms with Crippen molar-refractivity contribution < 1.29 is 9.90 Å². The maximum atomic E-state index is 12.1. The molecule has 4 nitrogen and oxygen atoms in total. The third-order valence-electron chi connectivity index (χ3n) is 4.16. The molecule has 1 fully saturated rings. The minimum Gasteiger partial charge on any atom is -0.396 e. The van der Waals surface area contributed by atoms with Crippen molar-refractivity contribution >= 4 is 35.1 Å². The first-order valence-corrected chi connectivity index (χ1v) is 8.61. The molecule has 1 aromatic carbocycles. The number of aliphatic hydroxyl groups excluding tert-OH is 1. The van der Waals surface area contributed by atoms with Crippen LogP contribution in [0.25, 0.3) is 0 Å². The summed E-state index contributed by atoms with van der Waals surface area (Å²) in [6.45, 7) is 2.10. The highest BCUT2D eigenvalue weighted by Crippen LogP contribution is 2.37. The van der Waals surface area contributed by atoms with Crippen LogP contribution in [0.1, 0.15) is 26.2 Å². The molecule has 1 aliphatic rings. The predicted octanol–water partition coefficient (Wildman–Crippen LogP) is 3.73. The van der Waals surface area contributed by atoms with Crippen LogP contribution in [-0.2, 0) is 0 Å². The summed E-state index contributed by atoms with van der Waals surface area (Å²) < 4.78 is 0. The van der Waals surface area contributed by atoms with E-state index in [1.54, 1.807) is 17.8 Å². The molecule has 21 heavy (non-hydrogen) atoms. The molecule has 0 spiro atoms. The van der Waals surface area contributed by atoms with E-state index < -0.39 is 0 Å². The third-order valence-corrected chi connectivity index (χ3v) is 5.38. The smallest absolute Gasteiger partial charge is 0.319 e. The van der Waals surface area contributed by atoms with Gasteiger partial charge < -0.3 is 15.7 Å². The molecule has 2 atom stereocenters. The molecule has 116 valence electrons. The van der Waals surface area contributed by atoms with Crippen molar-refractivity contribution in [1.29, 1.82) is 0 Å². The Hall–Kier alpha value is -0.910. The molecule has 0 aromatic heterocycles. The second-order valence-corrected chi connectivity index (χ2v) is 6.96. The summed E-state index contributed by atoms with van der Waals surface area (Å²) >= 11 is 7.69. The number of thioether (sulfide) groups is 1. The zero-order chi connectivity index (χ0) is 15.5. The van der Waals surface area contributed by atoms with E-state index >= 15 is 0 Å². The zero-order valence-corrected chi connectivity index (χ0v) is 13.9. The van der Waals surface area contributed by atoms with Gasteiger partial charge in [0.05, 0.1) is 11.6 Å². The summed E-state index contributed by atoms with van der Waals surface area (Å²) in [5, 5.41) is 15.9. The van der Waals surface area contributed by atoms with Crippen LogP contribution in [-0.4, -0.2) is 30.0 Å². The van der Waals surface area contributed by atoms with E-state index in [-0.39, 0.29) is 24.1 Å². The molecule has 0 saturated heterocycles. The lowest BCUT2D eigenvalue weighted by atomic mass is 9.86. The highest BCUT2D eigenvalue weighted by Gasteiger charge is 2.39. The molecule has 1 aliphatic carbocycles. The maximum Gasteiger partial charge on any atom is 0.319 e. The first-order chi connectivity index (χ1) is 9.98. The molecule has 0 unspecified atom stereocenters. The summed E-state index contributed by atoms with van der Waals surface area (Å²) in [6.07, 6.45) is 4.81. The van der Waals surface area contributed by atoms with E-state index in [9.17, 15) is 9.90 Å². The molecule has 1 aromatic rings. The first-order valence-electron chi connectivity index (χ1n) is 7.00.